The molecular formula is C45H64N12O15. The third kappa shape index (κ3) is 23.7. The van der Waals surface area contributed by atoms with Crippen LogP contribution in [0.4, 0.5) is 0 Å². The quantitative estimate of drug-likeness (QED) is 0.0194. The topological polar surface area (TPSA) is 455 Å². The van der Waals surface area contributed by atoms with Crippen LogP contribution < -0.4 is 59.7 Å². The van der Waals surface area contributed by atoms with Crippen LogP contribution in [-0.4, -0.2) is 147 Å². The lowest BCUT2D eigenvalue weighted by molar-refractivity contribution is -0.141. The second kappa shape index (κ2) is 30.2. The van der Waals surface area contributed by atoms with Crippen molar-refractivity contribution >= 4 is 71.1 Å². The van der Waals surface area contributed by atoms with Crippen LogP contribution in [0.3, 0.4) is 0 Å². The van der Waals surface area contributed by atoms with Crippen LogP contribution in [0, 0.1) is 5.92 Å². The zero-order chi connectivity index (χ0) is 54.1. The van der Waals surface area contributed by atoms with Gasteiger partial charge in [0.1, 0.15) is 47.8 Å². The Labute approximate surface area is 413 Å². The van der Waals surface area contributed by atoms with E-state index in [1.807, 2.05) is 0 Å². The number of nitrogens with one attached hydrogen (secondary N) is 8. The number of hydrogen-bond acceptors (Lipinski definition) is 14. The molecule has 0 spiro atoms. The zero-order valence-electron chi connectivity index (χ0n) is 39.9. The molecule has 0 saturated heterocycles. The van der Waals surface area contributed by atoms with E-state index in [1.165, 1.54) is 48.5 Å². The summed E-state index contributed by atoms with van der Waals surface area (Å²) < 4.78 is 0. The summed E-state index contributed by atoms with van der Waals surface area (Å²) in [6, 6.07) is 1.34. The van der Waals surface area contributed by atoms with E-state index in [0.29, 0.717) is 11.1 Å². The predicted molar refractivity (Wildman–Crippen MR) is 255 cm³/mol. The molecule has 27 nitrogen and oxygen atoms in total. The molecule has 9 amide bonds. The number of primary amides is 1. The van der Waals surface area contributed by atoms with Crippen molar-refractivity contribution in [3.8, 4) is 11.5 Å². The summed E-state index contributed by atoms with van der Waals surface area (Å²) in [5, 5.41) is 57.8. The van der Waals surface area contributed by atoms with E-state index in [1.54, 1.807) is 13.8 Å². The van der Waals surface area contributed by atoms with Gasteiger partial charge in [-0.3, -0.25) is 57.7 Å². The Kier molecular flexibility index (Phi) is 25.0. The Bertz CT molecular complexity index is 2270. The number of carbonyl (C=O) groups is 11. The minimum absolute atomic E-state index is 0.0300. The monoisotopic (exact) mass is 1010 g/mol. The van der Waals surface area contributed by atoms with Crippen molar-refractivity contribution in [1.82, 2.24) is 42.5 Å². The van der Waals surface area contributed by atoms with Crippen LogP contribution in [0.5, 0.6) is 11.5 Å². The number of carboxylic acids is 2. The lowest BCUT2D eigenvalue weighted by atomic mass is 10.0. The maximum absolute atomic E-state index is 14.4. The lowest BCUT2D eigenvalue weighted by Crippen LogP contribution is -2.60. The van der Waals surface area contributed by atoms with Crippen molar-refractivity contribution in [3.05, 3.63) is 59.7 Å². The van der Waals surface area contributed by atoms with Gasteiger partial charge in [0.15, 0.2) is 5.96 Å². The molecule has 0 saturated carbocycles. The van der Waals surface area contributed by atoms with E-state index in [0.717, 1.165) is 6.92 Å². The molecule has 18 N–H and O–H groups in total. The van der Waals surface area contributed by atoms with E-state index in [9.17, 15) is 73.2 Å². The molecule has 6 atom stereocenters. The smallest absolute Gasteiger partial charge is 0.305 e. The van der Waals surface area contributed by atoms with Crippen LogP contribution in [0.1, 0.15) is 70.4 Å². The molecule has 2 rings (SSSR count). The van der Waals surface area contributed by atoms with Crippen LogP contribution in [0.2, 0.25) is 0 Å². The Morgan fingerprint density at radius 2 is 0.972 bits per heavy atom. The van der Waals surface area contributed by atoms with Gasteiger partial charge in [-0.05, 0) is 67.0 Å². The number of amides is 9. The van der Waals surface area contributed by atoms with Gasteiger partial charge in [-0.1, -0.05) is 38.1 Å². The molecule has 0 aliphatic rings. The first-order chi connectivity index (χ1) is 33.8. The normalized spacial score (nSPS) is 13.2. The zero-order valence-corrected chi connectivity index (χ0v) is 39.9. The second-order valence-electron chi connectivity index (χ2n) is 16.9. The number of carbonyl (C=O) groups excluding carboxylic acids is 9. The molecule has 27 heteroatoms. The summed E-state index contributed by atoms with van der Waals surface area (Å²) in [4.78, 5) is 146. The fraction of sp³-hybridized carbons (Fsp3) is 0.467. The summed E-state index contributed by atoms with van der Waals surface area (Å²) in [7, 11) is 0. The number of phenols is 2. The molecule has 0 fully saturated rings. The molecule has 0 bridgehead atoms. The fourth-order valence-electron chi connectivity index (χ4n) is 6.62. The van der Waals surface area contributed by atoms with E-state index in [2.05, 4.69) is 47.5 Å². The lowest BCUT2D eigenvalue weighted by Gasteiger charge is -2.27. The Morgan fingerprint density at radius 1 is 0.542 bits per heavy atom. The van der Waals surface area contributed by atoms with Gasteiger partial charge in [-0.2, -0.15) is 0 Å². The minimum Gasteiger partial charge on any atom is -0.508 e. The molecule has 0 unspecified atom stereocenters. The SMILES string of the molecule is CC(=O)NCC(=O)NCC(=O)N[C@@H](CCC(=O)O)C(=O)N[C@@H](CC(=O)O)C(=O)N[C@@H](Cc1ccc(O)cc1)C(=O)N[C@@H](Cc1ccc(O)cc1)C(=O)N[C@@H](CCCN=C(N)N)C(=O)N[C@@H](CC(C)C)C(N)=O. The van der Waals surface area contributed by atoms with Crippen molar-refractivity contribution < 1.29 is 73.2 Å². The van der Waals surface area contributed by atoms with Gasteiger partial charge in [0.25, 0.3) is 0 Å². The summed E-state index contributed by atoms with van der Waals surface area (Å²) in [5.74, 6) is -12.2. The van der Waals surface area contributed by atoms with Gasteiger partial charge in [0.05, 0.1) is 19.5 Å². The van der Waals surface area contributed by atoms with Gasteiger partial charge in [-0.25, -0.2) is 0 Å². The summed E-state index contributed by atoms with van der Waals surface area (Å²) in [5.41, 5.74) is 17.2. The molecule has 0 aromatic heterocycles. The Hall–Kier alpha value is -8.52. The summed E-state index contributed by atoms with van der Waals surface area (Å²) in [6.07, 6.45) is -2.87. The van der Waals surface area contributed by atoms with Crippen LogP contribution in [0.25, 0.3) is 0 Å². The van der Waals surface area contributed by atoms with Crippen molar-refractivity contribution in [3.63, 3.8) is 0 Å². The van der Waals surface area contributed by atoms with Crippen molar-refractivity contribution in [2.45, 2.75) is 108 Å². The number of aromatic hydroxyl groups is 2. The highest BCUT2D eigenvalue weighted by Gasteiger charge is 2.34. The molecule has 2 aromatic rings. The highest BCUT2D eigenvalue weighted by atomic mass is 16.4. The first-order valence-corrected chi connectivity index (χ1v) is 22.5. The minimum atomic E-state index is -2.00. The fourth-order valence-corrected chi connectivity index (χ4v) is 6.62. The molecule has 0 radical (unpaired) electrons. The third-order valence-corrected chi connectivity index (χ3v) is 10.2. The maximum atomic E-state index is 14.4. The Balaban J connectivity index is 2.55. The average Bonchev–Trinajstić information content (AvgIpc) is 3.29. The first-order valence-electron chi connectivity index (χ1n) is 22.5. The van der Waals surface area contributed by atoms with Gasteiger partial charge in [0.2, 0.25) is 53.2 Å². The number of carboxylic acid groups (broad SMARTS) is 2. The van der Waals surface area contributed by atoms with Crippen LogP contribution in [0.15, 0.2) is 53.5 Å². The molecule has 0 aliphatic heterocycles. The van der Waals surface area contributed by atoms with Gasteiger partial charge >= 0.3 is 11.9 Å². The van der Waals surface area contributed by atoms with Gasteiger partial charge < -0.3 is 80.2 Å². The largest absolute Gasteiger partial charge is 0.508 e. The van der Waals surface area contributed by atoms with Crippen molar-refractivity contribution in [2.75, 3.05) is 19.6 Å². The number of nitrogens with two attached hydrogens (primary N) is 3. The molecule has 2 aromatic carbocycles. The van der Waals surface area contributed by atoms with Crippen LogP contribution in [-0.2, 0) is 65.6 Å². The average molecular weight is 1010 g/mol. The molecule has 0 heterocycles. The number of rotatable bonds is 31. The number of benzene rings is 2. The van der Waals surface area contributed by atoms with Gasteiger partial charge in [0, 0.05) is 32.7 Å². The molecule has 72 heavy (non-hydrogen) atoms. The van der Waals surface area contributed by atoms with E-state index in [4.69, 9.17) is 17.2 Å². The highest BCUT2D eigenvalue weighted by Crippen LogP contribution is 2.15. The predicted octanol–water partition coefficient (Wildman–Crippen LogP) is -4.03. The van der Waals surface area contributed by atoms with Crippen molar-refractivity contribution in [2.24, 2.45) is 28.1 Å². The van der Waals surface area contributed by atoms with E-state index in [-0.39, 0.29) is 62.0 Å². The van der Waals surface area contributed by atoms with Crippen molar-refractivity contribution in [1.29, 1.82) is 0 Å². The van der Waals surface area contributed by atoms with E-state index >= 15 is 0 Å². The van der Waals surface area contributed by atoms with Crippen LogP contribution >= 0.6 is 0 Å². The number of phenolic OH excluding ortho intramolecular Hbond substituents is 2. The Morgan fingerprint density at radius 3 is 1.42 bits per heavy atom. The maximum Gasteiger partial charge on any atom is 0.305 e. The summed E-state index contributed by atoms with van der Waals surface area (Å²) in [6.45, 7) is 3.53. The second-order valence-corrected chi connectivity index (χ2v) is 16.9. The number of nitrogens with zero attached hydrogens (tertiary/aromatic N) is 1. The third-order valence-electron chi connectivity index (χ3n) is 10.2. The number of hydrogen-bond donors (Lipinski definition) is 15. The highest BCUT2D eigenvalue weighted by molar-refractivity contribution is 5.98. The number of guanidine groups is 1. The molecular weight excluding hydrogens is 949 g/mol. The standard InChI is InChI=1S/C45H64N12O15/c1-23(2)17-31(39(46)67)54-40(68)29(5-4-16-49-45(47)48)53-42(70)32(18-25-6-10-27(59)11-7-25)55-43(71)33(19-26-8-12-28(60)13-9-26)56-44(72)34(20-38(65)66)57-41(69)30(14-15-37(63)64)52-36(62)22-51-35(61)21-50-24(3)58/h6-13,23,29-34,59-60H,4-5,14-22H2,1-3H3,(H2,46,67)(H,50,58)(H,51,61)(H,52,62)(H,53,70)(H,54,68)(H,55,71)(H,56,72)(H,57,69)(H,63,64)(H,65,66)(H4,47,48,49)/t29-,30-,31-,32-,33-,34-/m0/s1. The molecule has 0 aliphatic carbocycles. The van der Waals surface area contributed by atoms with E-state index < -0.39 is 134 Å². The number of aliphatic imine (C=N–C) groups is 1. The number of aliphatic carboxylic acids is 2. The first kappa shape index (κ1) is 59.6. The summed E-state index contributed by atoms with van der Waals surface area (Å²) >= 11 is 0. The molecule has 394 valence electrons. The van der Waals surface area contributed by atoms with Gasteiger partial charge in [-0.15, -0.1) is 0 Å².